The molecule has 0 saturated carbocycles. The number of nitrogens with one attached hydrogen (secondary N) is 1. The van der Waals surface area contributed by atoms with Crippen molar-refractivity contribution in [2.24, 2.45) is 0 Å². The second-order valence-corrected chi connectivity index (χ2v) is 4.83. The van der Waals surface area contributed by atoms with Gasteiger partial charge < -0.3 is 22.5 Å². The summed E-state index contributed by atoms with van der Waals surface area (Å²) in [6.07, 6.45) is 2.00. The lowest BCUT2D eigenvalue weighted by molar-refractivity contribution is -0.112. The van der Waals surface area contributed by atoms with Crippen LogP contribution < -0.4 is 22.5 Å². The molecule has 0 heterocycles. The van der Waals surface area contributed by atoms with E-state index in [9.17, 15) is 9.59 Å². The van der Waals surface area contributed by atoms with Gasteiger partial charge in [0.1, 0.15) is 0 Å². The molecule has 25 heavy (non-hydrogen) atoms. The lowest BCUT2D eigenvalue weighted by Gasteiger charge is -2.01. The lowest BCUT2D eigenvalue weighted by atomic mass is 10.3. The first kappa shape index (κ1) is 21.7. The molecule has 0 aliphatic heterocycles. The van der Waals surface area contributed by atoms with E-state index in [0.29, 0.717) is 22.7 Å². The van der Waals surface area contributed by atoms with Gasteiger partial charge in [0.2, 0.25) is 12.0 Å². The van der Waals surface area contributed by atoms with Gasteiger partial charge in [-0.05, 0) is 42.5 Å². The number of allylic oxidation sites excluding steroid dienone is 1. The smallest absolute Gasteiger partial charge is 0.399 e. The van der Waals surface area contributed by atoms with Gasteiger partial charge in [-0.25, -0.2) is 0 Å². The molecule has 2 rings (SSSR count). The summed E-state index contributed by atoms with van der Waals surface area (Å²) < 4.78 is 0. The monoisotopic (exact) mass is 359 g/mol. The van der Waals surface area contributed by atoms with Gasteiger partial charge in [-0.3, -0.25) is 4.79 Å². The van der Waals surface area contributed by atoms with Crippen LogP contribution in [0.3, 0.4) is 0 Å². The normalized spacial score (nSPS) is 8.48. The standard InChI is InChI=1S/C9H10N2O.C6H8N2.C3H2ClO/c1-2-9(12)11-8-5-3-4-7(10)6-8;7-5-2-1-3-6(8)4-5;1-2-3(4)5/h2-6H,1,10H2,(H,11,12);1-4H,7-8H2;1-2H/q;;+1. The highest BCUT2D eigenvalue weighted by atomic mass is 35.5. The maximum atomic E-state index is 10.8. The number of halogens is 1. The highest BCUT2D eigenvalue weighted by molar-refractivity contribution is 6.66. The second-order valence-electron chi connectivity index (χ2n) is 4.46. The van der Waals surface area contributed by atoms with Crippen molar-refractivity contribution in [3.8, 4) is 0 Å². The van der Waals surface area contributed by atoms with Crippen molar-refractivity contribution in [1.82, 2.24) is 0 Å². The summed E-state index contributed by atoms with van der Waals surface area (Å²) in [5, 5.41) is 1.98. The molecule has 7 N–H and O–H groups in total. The topological polar surface area (TPSA) is 124 Å². The first-order chi connectivity index (χ1) is 11.8. The van der Waals surface area contributed by atoms with Crippen LogP contribution in [0.1, 0.15) is 0 Å². The number of hydrogen-bond acceptors (Lipinski definition) is 5. The van der Waals surface area contributed by atoms with E-state index >= 15 is 0 Å². The van der Waals surface area contributed by atoms with E-state index in [1.54, 1.807) is 42.5 Å². The number of nitrogens with two attached hydrogens (primary N) is 3. The molecule has 0 atom stereocenters. The van der Waals surface area contributed by atoms with Crippen LogP contribution in [-0.2, 0) is 9.59 Å². The van der Waals surface area contributed by atoms with Gasteiger partial charge in [-0.1, -0.05) is 18.7 Å². The number of hydrogen-bond donors (Lipinski definition) is 4. The molecule has 130 valence electrons. The summed E-state index contributed by atoms with van der Waals surface area (Å²) in [6.45, 7) is 7.90. The van der Waals surface area contributed by atoms with Gasteiger partial charge >= 0.3 is 5.24 Å². The van der Waals surface area contributed by atoms with Crippen LogP contribution in [0.2, 0.25) is 0 Å². The molecule has 2 aromatic rings. The van der Waals surface area contributed by atoms with Crippen molar-refractivity contribution in [1.29, 1.82) is 0 Å². The minimum absolute atomic E-state index is 0.236. The minimum Gasteiger partial charge on any atom is -0.399 e. The molecule has 6 nitrogen and oxygen atoms in total. The number of carbonyl (C=O) groups is 2. The van der Waals surface area contributed by atoms with Crippen LogP contribution in [0.25, 0.3) is 0 Å². The largest absolute Gasteiger partial charge is 0.399 e. The van der Waals surface area contributed by atoms with Crippen molar-refractivity contribution in [3.63, 3.8) is 0 Å². The Morgan fingerprint density at radius 2 is 1.44 bits per heavy atom. The third kappa shape index (κ3) is 11.8. The molecule has 0 aliphatic carbocycles. The average Bonchev–Trinajstić information content (AvgIpc) is 2.55. The van der Waals surface area contributed by atoms with Crippen molar-refractivity contribution >= 4 is 45.5 Å². The predicted molar refractivity (Wildman–Crippen MR) is 105 cm³/mol. The first-order valence-electron chi connectivity index (χ1n) is 6.92. The van der Waals surface area contributed by atoms with Gasteiger partial charge in [-0.2, -0.15) is 4.79 Å². The molecule has 0 spiro atoms. The van der Waals surface area contributed by atoms with Crippen molar-refractivity contribution < 1.29 is 9.59 Å². The summed E-state index contributed by atoms with van der Waals surface area (Å²) in [5.41, 5.74) is 19.0. The molecule has 0 bridgehead atoms. The third-order valence-corrected chi connectivity index (χ3v) is 2.51. The highest BCUT2D eigenvalue weighted by Gasteiger charge is 1.95. The predicted octanol–water partition coefficient (Wildman–Crippen LogP) is 2.99. The minimum atomic E-state index is -0.620. The van der Waals surface area contributed by atoms with Gasteiger partial charge in [0.05, 0.1) is 18.2 Å². The van der Waals surface area contributed by atoms with Crippen LogP contribution in [-0.4, -0.2) is 11.1 Å². The number of anilines is 4. The van der Waals surface area contributed by atoms with Crippen LogP contribution in [0.5, 0.6) is 0 Å². The first-order valence-corrected chi connectivity index (χ1v) is 7.30. The molecule has 0 saturated heterocycles. The Hall–Kier alpha value is -3.34. The van der Waals surface area contributed by atoms with Crippen LogP contribution in [0.15, 0.2) is 67.3 Å². The van der Waals surface area contributed by atoms with Crippen molar-refractivity contribution in [2.45, 2.75) is 0 Å². The average molecular weight is 360 g/mol. The number of rotatable bonds is 3. The molecule has 0 unspecified atom stereocenters. The zero-order valence-electron chi connectivity index (χ0n) is 13.5. The maximum absolute atomic E-state index is 10.8. The maximum Gasteiger partial charge on any atom is 0.399 e. The van der Waals surface area contributed by atoms with E-state index in [0.717, 1.165) is 6.08 Å². The second kappa shape index (κ2) is 12.1. The molecular formula is C18H20ClN4O2+. The van der Waals surface area contributed by atoms with Crippen molar-refractivity contribution in [3.05, 3.63) is 73.8 Å². The zero-order chi connectivity index (χ0) is 19.2. The molecule has 2 aromatic carbocycles. The van der Waals surface area contributed by atoms with E-state index < -0.39 is 5.24 Å². The Labute approximate surface area is 152 Å². The van der Waals surface area contributed by atoms with E-state index in [4.69, 9.17) is 17.2 Å². The third-order valence-electron chi connectivity index (χ3n) is 2.38. The van der Waals surface area contributed by atoms with Gasteiger partial charge in [0.15, 0.2) is 0 Å². The van der Waals surface area contributed by atoms with Crippen molar-refractivity contribution in [2.75, 3.05) is 22.5 Å². The number of amides is 1. The highest BCUT2D eigenvalue weighted by Crippen LogP contribution is 2.11. The van der Waals surface area contributed by atoms with E-state index in [2.05, 4.69) is 30.1 Å². The van der Waals surface area contributed by atoms with E-state index in [1.807, 2.05) is 6.07 Å². The Bertz CT molecular complexity index is 715. The molecule has 7 heteroatoms. The van der Waals surface area contributed by atoms with Gasteiger partial charge in [0, 0.05) is 22.7 Å². The molecule has 1 amide bonds. The Morgan fingerprint density at radius 3 is 1.76 bits per heavy atom. The lowest BCUT2D eigenvalue weighted by Crippen LogP contribution is -2.07. The molecular weight excluding hydrogens is 340 g/mol. The molecule has 0 radical (unpaired) electrons. The molecule has 0 aromatic heterocycles. The van der Waals surface area contributed by atoms with Gasteiger partial charge in [0.25, 0.3) is 0 Å². The number of carbonyl (C=O) groups excluding carboxylic acids is 2. The zero-order valence-corrected chi connectivity index (χ0v) is 14.2. The summed E-state index contributed by atoms with van der Waals surface area (Å²) in [5.74, 6) is -0.236. The number of benzene rings is 2. The van der Waals surface area contributed by atoms with E-state index in [-0.39, 0.29) is 5.91 Å². The quantitative estimate of drug-likeness (QED) is 0.290. The fraction of sp³-hybridized carbons (Fsp3) is 0. The molecule has 0 aliphatic rings. The van der Waals surface area contributed by atoms with Gasteiger partial charge in [-0.15, -0.1) is 0 Å². The fourth-order valence-electron chi connectivity index (χ4n) is 1.37. The summed E-state index contributed by atoms with van der Waals surface area (Å²) in [4.78, 5) is 20.2. The van der Waals surface area contributed by atoms with E-state index in [1.165, 1.54) is 6.08 Å². The number of nitrogen functional groups attached to an aromatic ring is 3. The Balaban J connectivity index is 0.000000382. The summed E-state index contributed by atoms with van der Waals surface area (Å²) in [7, 11) is 0. The Morgan fingerprint density at radius 1 is 1.00 bits per heavy atom. The summed E-state index contributed by atoms with van der Waals surface area (Å²) >= 11 is 4.64. The fourth-order valence-corrected chi connectivity index (χ4v) is 1.37. The van der Waals surface area contributed by atoms with Crippen LogP contribution in [0.4, 0.5) is 22.7 Å². The SMILES string of the molecule is C=CC(=O)Nc1cccc(N)c1.Nc1cccc(N)c1.[CH+]=CC(=O)Cl. The molecule has 0 fully saturated rings. The van der Waals surface area contributed by atoms with Crippen LogP contribution in [0, 0.1) is 6.58 Å². The summed E-state index contributed by atoms with van der Waals surface area (Å²) in [6, 6.07) is 14.1. The Kier molecular flexibility index (Phi) is 10.5. The van der Waals surface area contributed by atoms with Crippen LogP contribution >= 0.6 is 11.6 Å².